The minimum atomic E-state index is 0.0842. The van der Waals surface area contributed by atoms with Crippen LogP contribution in [0.1, 0.15) is 40.2 Å². The van der Waals surface area contributed by atoms with E-state index in [1.165, 1.54) is 18.0 Å². The molecule has 7 nitrogen and oxygen atoms in total. The van der Waals surface area contributed by atoms with Crippen molar-refractivity contribution in [2.75, 3.05) is 40.4 Å². The number of piperidine rings is 1. The Hall–Kier alpha value is -2.19. The first-order valence-corrected chi connectivity index (χ1v) is 10.8. The second-order valence-electron chi connectivity index (χ2n) is 8.13. The second kappa shape index (κ2) is 8.28. The number of hydrogen-bond acceptors (Lipinski definition) is 7. The Morgan fingerprint density at radius 1 is 1.21 bits per heavy atom. The van der Waals surface area contributed by atoms with Gasteiger partial charge in [0.2, 0.25) is 0 Å². The first-order chi connectivity index (χ1) is 14.0. The van der Waals surface area contributed by atoms with Crippen LogP contribution in [0.4, 0.5) is 0 Å². The first-order valence-electron chi connectivity index (χ1n) is 10.1. The van der Waals surface area contributed by atoms with Gasteiger partial charge in [-0.3, -0.25) is 9.69 Å². The third-order valence-corrected chi connectivity index (χ3v) is 7.01. The highest BCUT2D eigenvalue weighted by atomic mass is 32.1. The van der Waals surface area contributed by atoms with Gasteiger partial charge in [-0.15, -0.1) is 5.10 Å². The number of para-hydroxylation sites is 1. The number of nitrogens with zero attached hydrogens (tertiary/aromatic N) is 4. The molecule has 2 fully saturated rings. The van der Waals surface area contributed by atoms with E-state index in [0.29, 0.717) is 4.88 Å². The Kier molecular flexibility index (Phi) is 5.74. The van der Waals surface area contributed by atoms with Crippen molar-refractivity contribution in [3.05, 3.63) is 34.3 Å². The Balaban J connectivity index is 1.45. The fourth-order valence-electron chi connectivity index (χ4n) is 4.78. The van der Waals surface area contributed by atoms with Gasteiger partial charge < -0.3 is 14.4 Å². The van der Waals surface area contributed by atoms with Gasteiger partial charge in [0, 0.05) is 37.2 Å². The molecule has 4 rings (SSSR count). The molecule has 1 unspecified atom stereocenters. The molecule has 0 aliphatic carbocycles. The Labute approximate surface area is 175 Å². The fourth-order valence-corrected chi connectivity index (χ4v) is 5.40. The molecule has 2 aliphatic rings. The van der Waals surface area contributed by atoms with Crippen LogP contribution in [0.25, 0.3) is 0 Å². The van der Waals surface area contributed by atoms with E-state index < -0.39 is 0 Å². The van der Waals surface area contributed by atoms with Crippen molar-refractivity contribution in [3.8, 4) is 11.5 Å². The number of carbonyl (C=O) groups is 1. The molecule has 1 atom stereocenters. The average Bonchev–Trinajstić information content (AvgIpc) is 3.34. The number of ether oxygens (including phenoxy) is 2. The maximum atomic E-state index is 12.9. The van der Waals surface area contributed by atoms with Crippen LogP contribution in [0, 0.1) is 12.3 Å². The molecule has 0 bridgehead atoms. The summed E-state index contributed by atoms with van der Waals surface area (Å²) in [6, 6.07) is 6.04. The van der Waals surface area contributed by atoms with Crippen LogP contribution in [0.15, 0.2) is 18.2 Å². The third-order valence-electron chi connectivity index (χ3n) is 6.19. The van der Waals surface area contributed by atoms with E-state index in [1.54, 1.807) is 14.2 Å². The van der Waals surface area contributed by atoms with Crippen LogP contribution in [0.3, 0.4) is 0 Å². The summed E-state index contributed by atoms with van der Waals surface area (Å²) in [7, 11) is 3.36. The molecule has 1 aromatic heterocycles. The topological polar surface area (TPSA) is 67.8 Å². The van der Waals surface area contributed by atoms with Crippen LogP contribution in [-0.4, -0.2) is 65.7 Å². The molecule has 1 aromatic carbocycles. The molecule has 0 N–H and O–H groups in total. The lowest BCUT2D eigenvalue weighted by atomic mass is 9.79. The van der Waals surface area contributed by atoms with E-state index in [1.807, 2.05) is 24.0 Å². The highest BCUT2D eigenvalue weighted by Gasteiger charge is 2.43. The minimum absolute atomic E-state index is 0.0842. The van der Waals surface area contributed by atoms with Crippen molar-refractivity contribution in [2.24, 2.45) is 5.41 Å². The number of amides is 1. The predicted octanol–water partition coefficient (Wildman–Crippen LogP) is 2.99. The predicted molar refractivity (Wildman–Crippen MR) is 112 cm³/mol. The Morgan fingerprint density at radius 2 is 2.07 bits per heavy atom. The van der Waals surface area contributed by atoms with Crippen molar-refractivity contribution in [1.29, 1.82) is 0 Å². The average molecular weight is 417 g/mol. The van der Waals surface area contributed by atoms with E-state index in [0.717, 1.165) is 68.3 Å². The van der Waals surface area contributed by atoms with Crippen LogP contribution >= 0.6 is 11.5 Å². The molecule has 29 heavy (non-hydrogen) atoms. The fraction of sp³-hybridized carbons (Fsp3) is 0.571. The van der Waals surface area contributed by atoms with Crippen LogP contribution in [0.5, 0.6) is 11.5 Å². The molecule has 1 amide bonds. The maximum absolute atomic E-state index is 12.9. The van der Waals surface area contributed by atoms with Crippen LogP contribution in [0.2, 0.25) is 0 Å². The molecule has 2 aliphatic heterocycles. The van der Waals surface area contributed by atoms with Gasteiger partial charge in [0.25, 0.3) is 5.91 Å². The summed E-state index contributed by atoms with van der Waals surface area (Å²) in [5, 5.41) is 3.99. The van der Waals surface area contributed by atoms with Gasteiger partial charge in [-0.25, -0.2) is 0 Å². The summed E-state index contributed by atoms with van der Waals surface area (Å²) in [6.07, 6.45) is 3.37. The Morgan fingerprint density at radius 3 is 2.79 bits per heavy atom. The number of methoxy groups -OCH3 is 2. The lowest BCUT2D eigenvalue weighted by Gasteiger charge is -2.40. The number of hydrogen-bond donors (Lipinski definition) is 0. The zero-order valence-corrected chi connectivity index (χ0v) is 18.1. The van der Waals surface area contributed by atoms with Gasteiger partial charge in [0.1, 0.15) is 4.88 Å². The van der Waals surface area contributed by atoms with Crippen molar-refractivity contribution in [3.63, 3.8) is 0 Å². The zero-order valence-electron chi connectivity index (χ0n) is 17.3. The molecular formula is C21H28N4O3S. The number of aryl methyl sites for hydroxylation is 1. The smallest absolute Gasteiger partial charge is 0.267 e. The normalized spacial score (nSPS) is 22.2. The van der Waals surface area contributed by atoms with Gasteiger partial charge >= 0.3 is 0 Å². The van der Waals surface area contributed by atoms with Gasteiger partial charge in [-0.2, -0.15) is 0 Å². The summed E-state index contributed by atoms with van der Waals surface area (Å²) in [6.45, 7) is 6.37. The van der Waals surface area contributed by atoms with E-state index >= 15 is 0 Å². The quantitative estimate of drug-likeness (QED) is 0.746. The van der Waals surface area contributed by atoms with E-state index in [-0.39, 0.29) is 11.3 Å². The minimum Gasteiger partial charge on any atom is -0.493 e. The second-order valence-corrected chi connectivity index (χ2v) is 8.89. The standard InChI is InChI=1S/C21H28N4O3S/c1-15-19(29-23-22-15)20(26)25-11-9-21(14-25)8-5-10-24(13-21)12-16-6-4-7-17(27-2)18(16)28-3/h4,6-7H,5,8-14H2,1-3H3. The van der Waals surface area contributed by atoms with E-state index in [2.05, 4.69) is 20.6 Å². The summed E-state index contributed by atoms with van der Waals surface area (Å²) in [4.78, 5) is 18.1. The SMILES string of the molecule is COc1cccc(CN2CCCC3(CCN(C(=O)c4snnc4C)C3)C2)c1OC. The molecule has 0 saturated carbocycles. The van der Waals surface area contributed by atoms with Gasteiger partial charge in [-0.1, -0.05) is 16.6 Å². The van der Waals surface area contributed by atoms with E-state index in [4.69, 9.17) is 9.47 Å². The summed E-state index contributed by atoms with van der Waals surface area (Å²) < 4.78 is 15.0. The van der Waals surface area contributed by atoms with Crippen molar-refractivity contribution >= 4 is 17.4 Å². The van der Waals surface area contributed by atoms with Crippen molar-refractivity contribution in [1.82, 2.24) is 19.4 Å². The molecule has 2 aromatic rings. The number of aromatic nitrogens is 2. The van der Waals surface area contributed by atoms with Crippen LogP contribution < -0.4 is 9.47 Å². The largest absolute Gasteiger partial charge is 0.493 e. The molecule has 3 heterocycles. The maximum Gasteiger partial charge on any atom is 0.267 e. The first kappa shape index (κ1) is 20.1. The molecule has 8 heteroatoms. The van der Waals surface area contributed by atoms with Gasteiger partial charge in [-0.05, 0) is 50.3 Å². The number of carbonyl (C=O) groups excluding carboxylic acids is 1. The number of likely N-dealkylation sites (tertiary alicyclic amines) is 2. The Bertz CT molecular complexity index is 887. The molecule has 156 valence electrons. The third kappa shape index (κ3) is 3.96. The van der Waals surface area contributed by atoms with Crippen molar-refractivity contribution < 1.29 is 14.3 Å². The monoisotopic (exact) mass is 416 g/mol. The number of benzene rings is 1. The molecule has 2 saturated heterocycles. The summed E-state index contributed by atoms with van der Waals surface area (Å²) in [5.74, 6) is 1.66. The van der Waals surface area contributed by atoms with Gasteiger partial charge in [0.05, 0.1) is 19.9 Å². The van der Waals surface area contributed by atoms with Crippen molar-refractivity contribution in [2.45, 2.75) is 32.7 Å². The van der Waals surface area contributed by atoms with E-state index in [9.17, 15) is 4.79 Å². The molecule has 1 spiro atoms. The lowest BCUT2D eigenvalue weighted by molar-refractivity contribution is 0.0676. The zero-order chi connectivity index (χ0) is 20.4. The summed E-state index contributed by atoms with van der Waals surface area (Å²) in [5.41, 5.74) is 2.05. The molecule has 0 radical (unpaired) electrons. The van der Waals surface area contributed by atoms with Gasteiger partial charge in [0.15, 0.2) is 11.5 Å². The summed E-state index contributed by atoms with van der Waals surface area (Å²) >= 11 is 1.20. The van der Waals surface area contributed by atoms with Crippen LogP contribution in [-0.2, 0) is 6.54 Å². The highest BCUT2D eigenvalue weighted by Crippen LogP contribution is 2.41. The lowest BCUT2D eigenvalue weighted by Crippen LogP contribution is -2.45. The molecular weight excluding hydrogens is 388 g/mol. The number of rotatable bonds is 5. The highest BCUT2D eigenvalue weighted by molar-refractivity contribution is 7.07.